The highest BCUT2D eigenvalue weighted by molar-refractivity contribution is 5.91. The molecule has 0 unspecified atom stereocenters. The average molecular weight is 443 g/mol. The van der Waals surface area contributed by atoms with E-state index in [4.69, 9.17) is 0 Å². The number of H-pyrrole nitrogens is 1. The maximum absolute atomic E-state index is 12.1. The predicted molar refractivity (Wildman–Crippen MR) is 127 cm³/mol. The van der Waals surface area contributed by atoms with E-state index in [2.05, 4.69) is 39.1 Å². The number of tetrazole rings is 1. The van der Waals surface area contributed by atoms with Crippen LogP contribution >= 0.6 is 0 Å². The molecular weight excluding hydrogens is 416 g/mol. The number of benzene rings is 2. The Morgan fingerprint density at radius 2 is 1.85 bits per heavy atom. The first-order valence-corrected chi connectivity index (χ1v) is 10.9. The van der Waals surface area contributed by atoms with Crippen molar-refractivity contribution in [3.05, 3.63) is 77.9 Å². The molecule has 8 nitrogen and oxygen atoms in total. The van der Waals surface area contributed by atoms with Crippen LogP contribution < -0.4 is 0 Å². The van der Waals surface area contributed by atoms with Crippen molar-refractivity contribution in [1.29, 1.82) is 0 Å². The summed E-state index contributed by atoms with van der Waals surface area (Å²) in [5, 5.41) is 24.3. The van der Waals surface area contributed by atoms with Crippen LogP contribution in [0.5, 0.6) is 0 Å². The molecule has 4 aromatic rings. The van der Waals surface area contributed by atoms with Gasteiger partial charge in [-0.3, -0.25) is 0 Å². The van der Waals surface area contributed by atoms with E-state index >= 15 is 0 Å². The fourth-order valence-electron chi connectivity index (χ4n) is 3.89. The first-order valence-electron chi connectivity index (χ1n) is 10.9. The van der Waals surface area contributed by atoms with Crippen molar-refractivity contribution in [2.24, 2.45) is 0 Å². The third-order valence-corrected chi connectivity index (χ3v) is 5.53. The second kappa shape index (κ2) is 9.60. The largest absolute Gasteiger partial charge is 0.477 e. The van der Waals surface area contributed by atoms with Crippen LogP contribution in [0.4, 0.5) is 0 Å². The molecule has 0 aliphatic carbocycles. The summed E-state index contributed by atoms with van der Waals surface area (Å²) in [5.74, 6) is 0.319. The molecule has 0 radical (unpaired) electrons. The van der Waals surface area contributed by atoms with Crippen LogP contribution in [0.2, 0.25) is 0 Å². The molecule has 2 aromatic heterocycles. The summed E-state index contributed by atoms with van der Waals surface area (Å²) in [5.41, 5.74) is 5.18. The Hall–Kier alpha value is -4.07. The van der Waals surface area contributed by atoms with Gasteiger partial charge in [0, 0.05) is 18.5 Å². The van der Waals surface area contributed by atoms with E-state index in [-0.39, 0.29) is 5.69 Å². The SMILES string of the molecule is C=C(C)c1nc(CCCC)n(Cc2ccc(-c3ccccc3-c3nn[nH]n3)cc2)c1C(=O)O. The summed E-state index contributed by atoms with van der Waals surface area (Å²) in [6.07, 6.45) is 2.67. The van der Waals surface area contributed by atoms with Crippen molar-refractivity contribution < 1.29 is 9.90 Å². The molecule has 8 heteroatoms. The number of rotatable bonds is 9. The number of hydrogen-bond donors (Lipinski definition) is 2. The number of nitrogens with zero attached hydrogens (tertiary/aromatic N) is 5. The van der Waals surface area contributed by atoms with Crippen molar-refractivity contribution in [3.63, 3.8) is 0 Å². The lowest BCUT2D eigenvalue weighted by molar-refractivity contribution is 0.0685. The topological polar surface area (TPSA) is 110 Å². The maximum Gasteiger partial charge on any atom is 0.354 e. The molecule has 0 bridgehead atoms. The minimum absolute atomic E-state index is 0.195. The first kappa shape index (κ1) is 22.1. The summed E-state index contributed by atoms with van der Waals surface area (Å²) >= 11 is 0. The number of carboxylic acids is 1. The molecule has 4 rings (SSSR count). The number of allylic oxidation sites excluding steroid dienone is 1. The lowest BCUT2D eigenvalue weighted by atomic mass is 9.98. The maximum atomic E-state index is 12.1. The van der Waals surface area contributed by atoms with Gasteiger partial charge in [0.2, 0.25) is 5.82 Å². The highest BCUT2D eigenvalue weighted by Crippen LogP contribution is 2.30. The highest BCUT2D eigenvalue weighted by atomic mass is 16.4. The van der Waals surface area contributed by atoms with E-state index in [0.29, 0.717) is 23.6 Å². The molecule has 0 aliphatic rings. The van der Waals surface area contributed by atoms with Crippen molar-refractivity contribution in [1.82, 2.24) is 30.2 Å². The van der Waals surface area contributed by atoms with Gasteiger partial charge >= 0.3 is 5.97 Å². The Kier molecular flexibility index (Phi) is 6.44. The molecule has 2 heterocycles. The quantitative estimate of drug-likeness (QED) is 0.383. The van der Waals surface area contributed by atoms with Gasteiger partial charge in [0.05, 0.1) is 5.69 Å². The number of aryl methyl sites for hydroxylation is 1. The number of unbranched alkanes of at least 4 members (excludes halogenated alkanes) is 1. The van der Waals surface area contributed by atoms with Gasteiger partial charge in [0.15, 0.2) is 5.69 Å². The molecule has 0 fully saturated rings. The first-order chi connectivity index (χ1) is 16.0. The second-order valence-corrected chi connectivity index (χ2v) is 7.98. The van der Waals surface area contributed by atoms with Gasteiger partial charge in [-0.1, -0.05) is 68.5 Å². The number of carboxylic acid groups (broad SMARTS) is 1. The average Bonchev–Trinajstić information content (AvgIpc) is 3.47. The number of aromatic carboxylic acids is 1. The second-order valence-electron chi connectivity index (χ2n) is 7.98. The molecule has 168 valence electrons. The summed E-state index contributed by atoms with van der Waals surface area (Å²) < 4.78 is 1.81. The van der Waals surface area contributed by atoms with Crippen LogP contribution in [0.15, 0.2) is 55.1 Å². The zero-order chi connectivity index (χ0) is 23.4. The van der Waals surface area contributed by atoms with Crippen LogP contribution in [0.3, 0.4) is 0 Å². The van der Waals surface area contributed by atoms with Crippen molar-refractivity contribution >= 4 is 11.5 Å². The zero-order valence-corrected chi connectivity index (χ0v) is 18.7. The Morgan fingerprint density at radius 3 is 2.45 bits per heavy atom. The van der Waals surface area contributed by atoms with E-state index in [1.165, 1.54) is 0 Å². The van der Waals surface area contributed by atoms with Gasteiger partial charge in [0.25, 0.3) is 0 Å². The molecule has 0 saturated carbocycles. The van der Waals surface area contributed by atoms with Crippen LogP contribution in [0.1, 0.15) is 54.3 Å². The van der Waals surface area contributed by atoms with Gasteiger partial charge in [0.1, 0.15) is 5.82 Å². The molecule has 33 heavy (non-hydrogen) atoms. The number of carbonyl (C=O) groups is 1. The van der Waals surface area contributed by atoms with Gasteiger partial charge in [-0.15, -0.1) is 10.2 Å². The lowest BCUT2D eigenvalue weighted by Gasteiger charge is -2.12. The minimum Gasteiger partial charge on any atom is -0.477 e. The molecular formula is C25H26N6O2. The number of imidazole rings is 1. The Morgan fingerprint density at radius 1 is 1.12 bits per heavy atom. The molecule has 0 amide bonds. The summed E-state index contributed by atoms with van der Waals surface area (Å²) in [4.78, 5) is 16.7. The van der Waals surface area contributed by atoms with Crippen LogP contribution in [-0.4, -0.2) is 41.3 Å². The summed E-state index contributed by atoms with van der Waals surface area (Å²) in [7, 11) is 0. The Labute approximate surface area is 192 Å². The zero-order valence-electron chi connectivity index (χ0n) is 18.7. The Bertz CT molecular complexity index is 1270. The number of hydrogen-bond acceptors (Lipinski definition) is 5. The normalized spacial score (nSPS) is 11.0. The third kappa shape index (κ3) is 4.59. The molecule has 2 aromatic carbocycles. The van der Waals surface area contributed by atoms with E-state index in [0.717, 1.165) is 47.3 Å². The molecule has 2 N–H and O–H groups in total. The predicted octanol–water partition coefficient (Wildman–Crippen LogP) is 4.85. The van der Waals surface area contributed by atoms with Crippen molar-refractivity contribution in [2.75, 3.05) is 0 Å². The van der Waals surface area contributed by atoms with Gasteiger partial charge in [-0.2, -0.15) is 5.21 Å². The smallest absolute Gasteiger partial charge is 0.354 e. The monoisotopic (exact) mass is 442 g/mol. The van der Waals surface area contributed by atoms with E-state index in [1.807, 2.05) is 53.1 Å². The minimum atomic E-state index is -0.992. The van der Waals surface area contributed by atoms with Crippen LogP contribution in [-0.2, 0) is 13.0 Å². The van der Waals surface area contributed by atoms with Gasteiger partial charge in [-0.05, 0) is 40.8 Å². The van der Waals surface area contributed by atoms with Crippen molar-refractivity contribution in [3.8, 4) is 22.5 Å². The summed E-state index contributed by atoms with van der Waals surface area (Å²) in [6, 6.07) is 16.0. The molecule has 0 spiro atoms. The molecule has 0 saturated heterocycles. The van der Waals surface area contributed by atoms with E-state index < -0.39 is 5.97 Å². The van der Waals surface area contributed by atoms with Gasteiger partial charge < -0.3 is 9.67 Å². The third-order valence-electron chi connectivity index (χ3n) is 5.53. The highest BCUT2D eigenvalue weighted by Gasteiger charge is 2.23. The number of aromatic nitrogens is 6. The number of aromatic amines is 1. The van der Waals surface area contributed by atoms with Crippen LogP contribution in [0, 0.1) is 0 Å². The van der Waals surface area contributed by atoms with Crippen LogP contribution in [0.25, 0.3) is 28.1 Å². The van der Waals surface area contributed by atoms with Crippen molar-refractivity contribution in [2.45, 2.75) is 39.7 Å². The fourth-order valence-corrected chi connectivity index (χ4v) is 3.89. The van der Waals surface area contributed by atoms with Gasteiger partial charge in [-0.25, -0.2) is 9.78 Å². The molecule has 0 aliphatic heterocycles. The standard InChI is InChI=1S/C25H26N6O2/c1-4-5-10-21-26-22(16(2)3)23(25(32)33)31(21)15-17-11-13-18(14-12-17)19-8-6-7-9-20(19)24-27-29-30-28-24/h6-9,11-14H,2,4-5,10,15H2,1,3H3,(H,32,33)(H,27,28,29,30). The summed E-state index contributed by atoms with van der Waals surface area (Å²) in [6.45, 7) is 8.25. The van der Waals surface area contributed by atoms with E-state index in [9.17, 15) is 9.90 Å². The number of nitrogens with one attached hydrogen (secondary N) is 1. The fraction of sp³-hybridized carbons (Fsp3) is 0.240. The Balaban J connectivity index is 1.68. The lowest BCUT2D eigenvalue weighted by Crippen LogP contribution is -2.13. The van der Waals surface area contributed by atoms with E-state index in [1.54, 1.807) is 6.92 Å². The molecule has 0 atom stereocenters.